The fourth-order valence-corrected chi connectivity index (χ4v) is 9.15. The Hall–Kier alpha value is -7.94. The second-order valence-electron chi connectivity index (χ2n) is 15.8. The van der Waals surface area contributed by atoms with E-state index in [9.17, 15) is 0 Å². The highest BCUT2D eigenvalue weighted by Crippen LogP contribution is 2.47. The molecule has 11 rings (SSSR count). The number of anilines is 3. The van der Waals surface area contributed by atoms with Gasteiger partial charge in [-0.25, -0.2) is 0 Å². The molecule has 0 spiro atoms. The van der Waals surface area contributed by atoms with Gasteiger partial charge in [0.1, 0.15) is 0 Å². The van der Waals surface area contributed by atoms with Crippen LogP contribution in [0.25, 0.3) is 82.8 Å². The Morgan fingerprint density at radius 2 is 0.803 bits per heavy atom. The van der Waals surface area contributed by atoms with E-state index in [2.05, 4.69) is 253 Å². The van der Waals surface area contributed by atoms with Crippen molar-refractivity contribution < 1.29 is 0 Å². The lowest BCUT2D eigenvalue weighted by Gasteiger charge is -2.27. The lowest BCUT2D eigenvalue weighted by molar-refractivity contribution is 1.18. The van der Waals surface area contributed by atoms with Gasteiger partial charge < -0.3 is 9.47 Å². The third-order valence-corrected chi connectivity index (χ3v) is 12.1. The molecule has 11 aromatic rings. The third-order valence-electron chi connectivity index (χ3n) is 12.1. The van der Waals surface area contributed by atoms with E-state index >= 15 is 0 Å². The molecule has 0 amide bonds. The molecule has 0 saturated heterocycles. The Labute approximate surface area is 356 Å². The molecule has 0 unspecified atom stereocenters. The minimum atomic E-state index is 1.09. The van der Waals surface area contributed by atoms with Gasteiger partial charge >= 0.3 is 0 Å². The SMILES string of the molecule is Cc1ccc(-c2cccc(-c3cccc4ccccc34)c2-n2c3ccccc3c3c(N(c4ccc(-c5ccccc5)cc4)c4ccc(-c5ccccc5)cc4)cccc32)cc1. The molecule has 0 aliphatic carbocycles. The van der Waals surface area contributed by atoms with Gasteiger partial charge in [-0.1, -0.05) is 200 Å². The van der Waals surface area contributed by atoms with Crippen LogP contribution in [-0.4, -0.2) is 4.57 Å². The van der Waals surface area contributed by atoms with Crippen molar-refractivity contribution in [3.63, 3.8) is 0 Å². The molecular weight excluding hydrogens is 737 g/mol. The summed E-state index contributed by atoms with van der Waals surface area (Å²) in [5.74, 6) is 0. The zero-order valence-electron chi connectivity index (χ0n) is 33.9. The average molecular weight is 779 g/mol. The maximum absolute atomic E-state index is 2.52. The standard InChI is InChI=1S/C59H42N2/c1-41-29-31-47(32-30-41)51-23-13-25-53(52-24-12-20-46-19-8-9-21-50(46)52)59(51)61-55-26-11-10-22-54(55)58-56(27-14-28-57(58)61)60(48-37-33-44(34-38-48)42-15-4-2-5-16-42)49-39-35-45(36-40-49)43-17-6-3-7-18-43/h2-40H,1H3. The number of fused-ring (bicyclic) bond motifs is 4. The van der Waals surface area contributed by atoms with Crippen molar-refractivity contribution >= 4 is 49.6 Å². The maximum atomic E-state index is 2.52. The van der Waals surface area contributed by atoms with Crippen molar-refractivity contribution in [3.8, 4) is 50.2 Å². The highest BCUT2D eigenvalue weighted by Gasteiger charge is 2.24. The first kappa shape index (κ1) is 36.2. The van der Waals surface area contributed by atoms with Gasteiger partial charge in [-0.3, -0.25) is 0 Å². The molecule has 0 radical (unpaired) electrons. The number of hydrogen-bond acceptors (Lipinski definition) is 1. The number of para-hydroxylation sites is 2. The van der Waals surface area contributed by atoms with E-state index in [4.69, 9.17) is 0 Å². The second kappa shape index (κ2) is 15.3. The number of benzene rings is 10. The molecule has 288 valence electrons. The van der Waals surface area contributed by atoms with Crippen LogP contribution in [0.4, 0.5) is 17.1 Å². The van der Waals surface area contributed by atoms with Crippen LogP contribution in [0.3, 0.4) is 0 Å². The largest absolute Gasteiger partial charge is 0.310 e. The van der Waals surface area contributed by atoms with Crippen LogP contribution in [-0.2, 0) is 0 Å². The molecule has 2 nitrogen and oxygen atoms in total. The minimum Gasteiger partial charge on any atom is -0.310 e. The molecule has 0 atom stereocenters. The number of rotatable bonds is 8. The van der Waals surface area contributed by atoms with Gasteiger partial charge in [-0.05, 0) is 93.5 Å². The Kier molecular flexibility index (Phi) is 9.09. The monoisotopic (exact) mass is 778 g/mol. The van der Waals surface area contributed by atoms with E-state index in [0.717, 1.165) is 33.8 Å². The summed E-state index contributed by atoms with van der Waals surface area (Å²) < 4.78 is 2.52. The molecule has 0 aliphatic rings. The molecule has 0 bridgehead atoms. The molecule has 1 aromatic heterocycles. The van der Waals surface area contributed by atoms with E-state index in [1.54, 1.807) is 0 Å². The molecule has 10 aromatic carbocycles. The summed E-state index contributed by atoms with van der Waals surface area (Å²) in [5.41, 5.74) is 17.5. The van der Waals surface area contributed by atoms with Crippen LogP contribution >= 0.6 is 0 Å². The van der Waals surface area contributed by atoms with Gasteiger partial charge in [0.05, 0.1) is 22.4 Å². The summed E-state index contributed by atoms with van der Waals surface area (Å²) in [4.78, 5) is 2.43. The summed E-state index contributed by atoms with van der Waals surface area (Å²) in [7, 11) is 0. The summed E-state index contributed by atoms with van der Waals surface area (Å²) in [6, 6.07) is 86.2. The lowest BCUT2D eigenvalue weighted by atomic mass is 9.92. The molecule has 2 heteroatoms. The quantitative estimate of drug-likeness (QED) is 0.149. The zero-order chi connectivity index (χ0) is 40.7. The van der Waals surface area contributed by atoms with Crippen LogP contribution < -0.4 is 4.90 Å². The van der Waals surface area contributed by atoms with Gasteiger partial charge in [0.2, 0.25) is 0 Å². The Morgan fingerprint density at radius 3 is 1.48 bits per heavy atom. The fourth-order valence-electron chi connectivity index (χ4n) is 9.15. The molecule has 0 N–H and O–H groups in total. The summed E-state index contributed by atoms with van der Waals surface area (Å²) >= 11 is 0. The lowest BCUT2D eigenvalue weighted by Crippen LogP contribution is -2.10. The van der Waals surface area contributed by atoms with E-state index in [-0.39, 0.29) is 0 Å². The van der Waals surface area contributed by atoms with E-state index in [0.29, 0.717) is 0 Å². The number of aromatic nitrogens is 1. The summed E-state index contributed by atoms with van der Waals surface area (Å²) in [6.45, 7) is 2.15. The third kappa shape index (κ3) is 6.46. The van der Waals surface area contributed by atoms with Crippen LogP contribution in [0.15, 0.2) is 237 Å². The maximum Gasteiger partial charge on any atom is 0.0619 e. The Morgan fingerprint density at radius 1 is 0.328 bits per heavy atom. The van der Waals surface area contributed by atoms with Crippen molar-refractivity contribution in [1.29, 1.82) is 0 Å². The van der Waals surface area contributed by atoms with Gasteiger partial charge in [0.25, 0.3) is 0 Å². The van der Waals surface area contributed by atoms with Crippen molar-refractivity contribution in [1.82, 2.24) is 4.57 Å². The van der Waals surface area contributed by atoms with Crippen LogP contribution in [0, 0.1) is 6.92 Å². The van der Waals surface area contributed by atoms with Crippen LogP contribution in [0.2, 0.25) is 0 Å². The van der Waals surface area contributed by atoms with E-state index in [1.807, 2.05) is 0 Å². The van der Waals surface area contributed by atoms with Gasteiger partial charge in [-0.2, -0.15) is 0 Å². The number of nitrogens with zero attached hydrogens (tertiary/aromatic N) is 2. The van der Waals surface area contributed by atoms with Crippen molar-refractivity contribution in [2.24, 2.45) is 0 Å². The number of aryl methyl sites for hydroxylation is 1. The van der Waals surface area contributed by atoms with E-state index in [1.165, 1.54) is 71.6 Å². The van der Waals surface area contributed by atoms with Crippen molar-refractivity contribution in [3.05, 3.63) is 242 Å². The first-order valence-corrected chi connectivity index (χ1v) is 21.0. The van der Waals surface area contributed by atoms with Gasteiger partial charge in [0.15, 0.2) is 0 Å². The summed E-state index contributed by atoms with van der Waals surface area (Å²) in [5, 5.41) is 4.85. The van der Waals surface area contributed by atoms with Gasteiger partial charge in [0, 0.05) is 33.3 Å². The molecule has 0 saturated carbocycles. The normalized spacial score (nSPS) is 11.4. The highest BCUT2D eigenvalue weighted by molar-refractivity contribution is 6.17. The van der Waals surface area contributed by atoms with Crippen LogP contribution in [0.1, 0.15) is 5.56 Å². The average Bonchev–Trinajstić information content (AvgIpc) is 3.67. The molecular formula is C59H42N2. The minimum absolute atomic E-state index is 1.09. The molecule has 0 fully saturated rings. The Bertz CT molecular complexity index is 3240. The zero-order valence-corrected chi connectivity index (χ0v) is 33.9. The smallest absolute Gasteiger partial charge is 0.0619 e. The Balaban J connectivity index is 1.19. The highest BCUT2D eigenvalue weighted by atomic mass is 15.1. The molecule has 1 heterocycles. The first-order chi connectivity index (χ1) is 30.2. The van der Waals surface area contributed by atoms with Crippen molar-refractivity contribution in [2.45, 2.75) is 6.92 Å². The number of hydrogen-bond donors (Lipinski definition) is 0. The molecule has 61 heavy (non-hydrogen) atoms. The van der Waals surface area contributed by atoms with Gasteiger partial charge in [-0.15, -0.1) is 0 Å². The van der Waals surface area contributed by atoms with E-state index < -0.39 is 0 Å². The summed E-state index contributed by atoms with van der Waals surface area (Å²) in [6.07, 6.45) is 0. The van der Waals surface area contributed by atoms with Crippen molar-refractivity contribution in [2.75, 3.05) is 4.90 Å². The topological polar surface area (TPSA) is 8.17 Å². The predicted molar refractivity (Wildman–Crippen MR) is 259 cm³/mol. The van der Waals surface area contributed by atoms with Crippen LogP contribution in [0.5, 0.6) is 0 Å². The predicted octanol–water partition coefficient (Wildman–Crippen LogP) is 16.4. The fraction of sp³-hybridized carbons (Fsp3) is 0.0169. The second-order valence-corrected chi connectivity index (χ2v) is 15.8. The molecule has 0 aliphatic heterocycles. The first-order valence-electron chi connectivity index (χ1n) is 21.0.